The standard InChI is InChI=1S/C16H28ClN9O.2ClH/c1-10(18)22-8-6-4-2-3-5-7-9-23-16(21)26-15(27)11-13(19)25-14(20)12(17)24-11;;/h2-9H2,1H3,(H2,18,22)(H4,19,20,25)(H3,21,23,26,27);2*1H. The molecule has 0 fully saturated rings. The lowest BCUT2D eigenvalue weighted by molar-refractivity contribution is 0.0972. The number of hydrogen-bond donors (Lipinski definition) is 5. The van der Waals surface area contributed by atoms with E-state index < -0.39 is 5.91 Å². The largest absolute Gasteiger partial charge is 0.388 e. The number of aromatic nitrogens is 2. The van der Waals surface area contributed by atoms with Crippen LogP contribution in [0.15, 0.2) is 9.98 Å². The normalized spacial score (nSPS) is 11.4. The number of hydrogen-bond acceptors (Lipinski definition) is 7. The van der Waals surface area contributed by atoms with Crippen molar-refractivity contribution in [1.29, 1.82) is 0 Å². The summed E-state index contributed by atoms with van der Waals surface area (Å²) in [5, 5.41) is 2.30. The van der Waals surface area contributed by atoms with Crippen LogP contribution in [0.5, 0.6) is 0 Å². The Kier molecular flexibility index (Phi) is 15.9. The number of rotatable bonds is 10. The van der Waals surface area contributed by atoms with Crippen molar-refractivity contribution in [3.8, 4) is 0 Å². The molecule has 166 valence electrons. The molecule has 0 saturated carbocycles. The second-order valence-electron chi connectivity index (χ2n) is 6.00. The van der Waals surface area contributed by atoms with Crippen LogP contribution in [-0.2, 0) is 0 Å². The fourth-order valence-electron chi connectivity index (χ4n) is 2.21. The molecule has 0 atom stereocenters. The first-order valence-corrected chi connectivity index (χ1v) is 9.15. The number of carbonyl (C=O) groups excluding carboxylic acids is 1. The molecule has 1 aromatic rings. The van der Waals surface area contributed by atoms with Crippen molar-refractivity contribution in [2.24, 2.45) is 21.5 Å². The van der Waals surface area contributed by atoms with E-state index in [9.17, 15) is 4.79 Å². The van der Waals surface area contributed by atoms with Gasteiger partial charge >= 0.3 is 0 Å². The quantitative estimate of drug-likeness (QED) is 0.196. The third kappa shape index (κ3) is 12.2. The number of amidine groups is 1. The van der Waals surface area contributed by atoms with Crippen molar-refractivity contribution in [3.63, 3.8) is 0 Å². The number of anilines is 2. The zero-order valence-electron chi connectivity index (χ0n) is 16.4. The molecule has 0 aromatic carbocycles. The van der Waals surface area contributed by atoms with Crippen LogP contribution in [0.4, 0.5) is 11.6 Å². The molecule has 0 unspecified atom stereocenters. The van der Waals surface area contributed by atoms with Gasteiger partial charge in [-0.05, 0) is 19.8 Å². The number of halogens is 3. The minimum Gasteiger partial charge on any atom is -0.388 e. The number of nitrogen functional groups attached to an aromatic ring is 2. The van der Waals surface area contributed by atoms with E-state index in [1.807, 2.05) is 0 Å². The zero-order valence-corrected chi connectivity index (χ0v) is 18.7. The van der Waals surface area contributed by atoms with Gasteiger partial charge in [0.1, 0.15) is 0 Å². The summed E-state index contributed by atoms with van der Waals surface area (Å²) in [6.07, 6.45) is 6.36. The highest BCUT2D eigenvalue weighted by atomic mass is 35.5. The average Bonchev–Trinajstić information content (AvgIpc) is 2.59. The highest BCUT2D eigenvalue weighted by Crippen LogP contribution is 2.17. The minimum atomic E-state index is -0.640. The Labute approximate surface area is 188 Å². The Morgan fingerprint density at radius 1 is 0.931 bits per heavy atom. The average molecular weight is 471 g/mol. The molecule has 0 saturated heterocycles. The van der Waals surface area contributed by atoms with Crippen LogP contribution in [0.3, 0.4) is 0 Å². The molecule has 1 aromatic heterocycles. The summed E-state index contributed by atoms with van der Waals surface area (Å²) in [7, 11) is 0. The van der Waals surface area contributed by atoms with E-state index in [0.717, 1.165) is 45.1 Å². The summed E-state index contributed by atoms with van der Waals surface area (Å²) in [5.41, 5.74) is 22.1. The smallest absolute Gasteiger partial charge is 0.280 e. The molecule has 0 aliphatic carbocycles. The van der Waals surface area contributed by atoms with Crippen LogP contribution in [0.1, 0.15) is 55.9 Å². The SMILES string of the molecule is CC(N)=NCCCCCCCCN=C(N)NC(=O)c1nc(Cl)c(N)nc1N.Cl.Cl. The van der Waals surface area contributed by atoms with Gasteiger partial charge in [-0.2, -0.15) is 0 Å². The number of carbonyl (C=O) groups is 1. The van der Waals surface area contributed by atoms with Crippen LogP contribution < -0.4 is 28.3 Å². The van der Waals surface area contributed by atoms with Crippen molar-refractivity contribution in [2.75, 3.05) is 24.6 Å². The number of nitrogens with one attached hydrogen (secondary N) is 1. The molecule has 0 bridgehead atoms. The molecule has 0 radical (unpaired) electrons. The van der Waals surface area contributed by atoms with Crippen LogP contribution >= 0.6 is 36.4 Å². The zero-order chi connectivity index (χ0) is 20.2. The number of amides is 1. The molecule has 0 aliphatic heterocycles. The van der Waals surface area contributed by atoms with E-state index in [-0.39, 0.29) is 53.3 Å². The second kappa shape index (κ2) is 15.8. The summed E-state index contributed by atoms with van der Waals surface area (Å²) >= 11 is 5.74. The first-order valence-electron chi connectivity index (χ1n) is 8.77. The third-order valence-corrected chi connectivity index (χ3v) is 3.85. The maximum atomic E-state index is 12.1. The maximum Gasteiger partial charge on any atom is 0.280 e. The van der Waals surface area contributed by atoms with Gasteiger partial charge in [0.2, 0.25) is 0 Å². The van der Waals surface area contributed by atoms with Crippen LogP contribution in [0.2, 0.25) is 5.15 Å². The molecule has 10 nitrogen and oxygen atoms in total. The van der Waals surface area contributed by atoms with Crippen LogP contribution in [0.25, 0.3) is 0 Å². The highest BCUT2D eigenvalue weighted by molar-refractivity contribution is 6.31. The minimum absolute atomic E-state index is 0. The maximum absolute atomic E-state index is 12.1. The first kappa shape index (κ1) is 29.2. The van der Waals surface area contributed by atoms with Gasteiger partial charge in [-0.3, -0.25) is 20.1 Å². The number of nitrogens with two attached hydrogens (primary N) is 4. The monoisotopic (exact) mass is 469 g/mol. The van der Waals surface area contributed by atoms with E-state index in [2.05, 4.69) is 25.3 Å². The third-order valence-electron chi connectivity index (χ3n) is 3.57. The van der Waals surface area contributed by atoms with Gasteiger partial charge in [-0.15, -0.1) is 24.8 Å². The molecule has 0 spiro atoms. The first-order chi connectivity index (χ1) is 12.8. The Balaban J connectivity index is 0. The molecular weight excluding hydrogens is 441 g/mol. The van der Waals surface area contributed by atoms with Gasteiger partial charge in [0.15, 0.2) is 28.4 Å². The molecule has 1 amide bonds. The van der Waals surface area contributed by atoms with Crippen molar-refractivity contribution in [2.45, 2.75) is 45.4 Å². The fraction of sp³-hybridized carbons (Fsp3) is 0.562. The second-order valence-corrected chi connectivity index (χ2v) is 6.36. The topological polar surface area (TPSA) is 184 Å². The molecular formula is C16H30Cl3N9O. The fourth-order valence-corrected chi connectivity index (χ4v) is 2.34. The van der Waals surface area contributed by atoms with Crippen molar-refractivity contribution in [3.05, 3.63) is 10.8 Å². The van der Waals surface area contributed by atoms with E-state index in [4.69, 9.17) is 34.5 Å². The van der Waals surface area contributed by atoms with Crippen molar-refractivity contribution >= 4 is 65.8 Å². The van der Waals surface area contributed by atoms with Gasteiger partial charge in [0, 0.05) is 13.1 Å². The Morgan fingerprint density at radius 3 is 2.00 bits per heavy atom. The highest BCUT2D eigenvalue weighted by Gasteiger charge is 2.16. The van der Waals surface area contributed by atoms with Crippen LogP contribution in [-0.4, -0.2) is 40.8 Å². The molecule has 29 heavy (non-hydrogen) atoms. The number of nitrogens with zero attached hydrogens (tertiary/aromatic N) is 4. The lowest BCUT2D eigenvalue weighted by atomic mass is 10.1. The lowest BCUT2D eigenvalue weighted by Gasteiger charge is -2.07. The van der Waals surface area contributed by atoms with Gasteiger partial charge < -0.3 is 22.9 Å². The lowest BCUT2D eigenvalue weighted by Crippen LogP contribution is -2.38. The van der Waals surface area contributed by atoms with Gasteiger partial charge in [0.05, 0.1) is 5.84 Å². The number of unbranched alkanes of at least 4 members (excludes halogenated alkanes) is 5. The Bertz CT molecular complexity index is 694. The number of guanidine groups is 1. The van der Waals surface area contributed by atoms with Crippen molar-refractivity contribution in [1.82, 2.24) is 15.3 Å². The van der Waals surface area contributed by atoms with E-state index in [1.54, 1.807) is 6.92 Å². The van der Waals surface area contributed by atoms with Crippen LogP contribution in [0, 0.1) is 0 Å². The van der Waals surface area contributed by atoms with Gasteiger partial charge in [-0.1, -0.05) is 37.3 Å². The summed E-state index contributed by atoms with van der Waals surface area (Å²) in [5.74, 6) is -0.196. The molecule has 1 rings (SSSR count). The molecule has 9 N–H and O–H groups in total. The van der Waals surface area contributed by atoms with Gasteiger partial charge in [-0.25, -0.2) is 9.97 Å². The summed E-state index contributed by atoms with van der Waals surface area (Å²) in [6, 6.07) is 0. The van der Waals surface area contributed by atoms with Crippen molar-refractivity contribution < 1.29 is 4.79 Å². The summed E-state index contributed by atoms with van der Waals surface area (Å²) in [4.78, 5) is 27.9. The molecule has 0 aliphatic rings. The number of aliphatic imine (C=N–C) groups is 2. The van der Waals surface area contributed by atoms with E-state index >= 15 is 0 Å². The predicted molar refractivity (Wildman–Crippen MR) is 124 cm³/mol. The summed E-state index contributed by atoms with van der Waals surface area (Å²) < 4.78 is 0. The van der Waals surface area contributed by atoms with E-state index in [0.29, 0.717) is 12.4 Å². The Hall–Kier alpha value is -2.04. The van der Waals surface area contributed by atoms with Gasteiger partial charge in [0.25, 0.3) is 5.91 Å². The molecule has 1 heterocycles. The Morgan fingerprint density at radius 2 is 1.45 bits per heavy atom. The van der Waals surface area contributed by atoms with E-state index in [1.165, 1.54) is 0 Å². The molecule has 13 heteroatoms. The summed E-state index contributed by atoms with van der Waals surface area (Å²) in [6.45, 7) is 3.10. The predicted octanol–water partition coefficient (Wildman–Crippen LogP) is 1.90.